The second-order valence-electron chi connectivity index (χ2n) is 7.24. The van der Waals surface area contributed by atoms with Gasteiger partial charge in [-0.15, -0.1) is 5.10 Å². The molecule has 2 aromatic carbocycles. The molecule has 0 bridgehead atoms. The van der Waals surface area contributed by atoms with E-state index in [1.165, 1.54) is 0 Å². The third kappa shape index (κ3) is 4.30. The molecule has 0 saturated carbocycles. The van der Waals surface area contributed by atoms with Crippen molar-refractivity contribution in [2.24, 2.45) is 0 Å². The first-order valence-electron chi connectivity index (χ1n) is 9.26. The van der Waals surface area contributed by atoms with E-state index in [-0.39, 0.29) is 17.5 Å². The van der Waals surface area contributed by atoms with E-state index >= 15 is 0 Å². The average Bonchev–Trinajstić information content (AvgIpc) is 3.23. The van der Waals surface area contributed by atoms with Gasteiger partial charge in [0.2, 0.25) is 4.77 Å². The fraction of sp³-hybridized carbons (Fsp3) is 0.300. The quantitative estimate of drug-likeness (QED) is 0.555. The van der Waals surface area contributed by atoms with Gasteiger partial charge in [-0.1, -0.05) is 29.8 Å². The second-order valence-corrected chi connectivity index (χ2v) is 10.3. The molecule has 1 atom stereocenters. The Kier molecular flexibility index (Phi) is 5.61. The topological polar surface area (TPSA) is 60.1 Å². The highest BCUT2D eigenvalue weighted by Gasteiger charge is 2.31. The van der Waals surface area contributed by atoms with Gasteiger partial charge in [-0.3, -0.25) is 9.47 Å². The summed E-state index contributed by atoms with van der Waals surface area (Å²) >= 11 is 11.8. The average molecular weight is 449 g/mol. The summed E-state index contributed by atoms with van der Waals surface area (Å²) in [5.74, 6) is 1.13. The summed E-state index contributed by atoms with van der Waals surface area (Å²) in [4.78, 5) is 2.01. The minimum Gasteiger partial charge on any atom is -0.283 e. The molecule has 0 N–H and O–H groups in total. The number of hydrogen-bond acceptors (Lipinski definition) is 5. The van der Waals surface area contributed by atoms with Crippen molar-refractivity contribution in [3.8, 4) is 17.1 Å². The molecule has 6 nitrogen and oxygen atoms in total. The molecule has 0 amide bonds. The van der Waals surface area contributed by atoms with Gasteiger partial charge in [0.25, 0.3) is 0 Å². The molecule has 1 aliphatic rings. The highest BCUT2D eigenvalue weighted by Crippen LogP contribution is 2.25. The Hall–Kier alpha value is -2.00. The molecule has 0 spiro atoms. The van der Waals surface area contributed by atoms with Crippen LogP contribution in [0.15, 0.2) is 54.6 Å². The third-order valence-electron chi connectivity index (χ3n) is 5.14. The van der Waals surface area contributed by atoms with Crippen LogP contribution in [0, 0.1) is 4.77 Å². The summed E-state index contributed by atoms with van der Waals surface area (Å²) in [5, 5.41) is 5.43. The molecule has 9 heteroatoms. The molecule has 1 fully saturated rings. The lowest BCUT2D eigenvalue weighted by Crippen LogP contribution is -2.34. The number of halogens is 1. The highest BCUT2D eigenvalue weighted by molar-refractivity contribution is 7.91. The molecule has 0 radical (unpaired) electrons. The van der Waals surface area contributed by atoms with Gasteiger partial charge in [-0.25, -0.2) is 13.1 Å². The standard InChI is InChI=1S/C20H21ClN4O2S2/c1-23(18-11-12-29(26,27)13-18)14-24-20(28)25(17-5-3-2-4-6-17)19(22-24)15-7-9-16(21)10-8-15/h2-10,18H,11-14H2,1H3/t18-/m1/s1. The molecule has 3 aromatic rings. The van der Waals surface area contributed by atoms with Crippen molar-refractivity contribution in [2.75, 3.05) is 18.6 Å². The van der Waals surface area contributed by atoms with Crippen LogP contribution in [-0.2, 0) is 16.5 Å². The summed E-state index contributed by atoms with van der Waals surface area (Å²) < 4.78 is 27.9. The van der Waals surface area contributed by atoms with Crippen molar-refractivity contribution in [3.05, 3.63) is 64.4 Å². The van der Waals surface area contributed by atoms with E-state index in [0.717, 1.165) is 11.3 Å². The lowest BCUT2D eigenvalue weighted by atomic mass is 10.2. The molecule has 2 heterocycles. The lowest BCUT2D eigenvalue weighted by Gasteiger charge is -2.22. The van der Waals surface area contributed by atoms with E-state index < -0.39 is 9.84 Å². The predicted molar refractivity (Wildman–Crippen MR) is 118 cm³/mol. The fourth-order valence-electron chi connectivity index (χ4n) is 3.55. The van der Waals surface area contributed by atoms with E-state index in [1.54, 1.807) is 4.68 Å². The molecule has 4 rings (SSSR count). The van der Waals surface area contributed by atoms with Crippen molar-refractivity contribution < 1.29 is 8.42 Å². The first-order chi connectivity index (χ1) is 13.8. The largest absolute Gasteiger partial charge is 0.283 e. The minimum absolute atomic E-state index is 0.0252. The van der Waals surface area contributed by atoms with Crippen molar-refractivity contribution in [3.63, 3.8) is 0 Å². The molecule has 0 unspecified atom stereocenters. The number of para-hydroxylation sites is 1. The van der Waals surface area contributed by atoms with E-state index in [0.29, 0.717) is 28.7 Å². The number of rotatable bonds is 5. The Morgan fingerprint density at radius 1 is 1.17 bits per heavy atom. The van der Waals surface area contributed by atoms with Gasteiger partial charge in [-0.2, -0.15) is 0 Å². The Labute approximate surface area is 180 Å². The monoisotopic (exact) mass is 448 g/mol. The molecule has 152 valence electrons. The van der Waals surface area contributed by atoms with E-state index in [9.17, 15) is 8.42 Å². The Bertz CT molecular complexity index is 1170. The summed E-state index contributed by atoms with van der Waals surface area (Å²) in [7, 11) is -1.04. The van der Waals surface area contributed by atoms with Gasteiger partial charge in [0.05, 0.1) is 18.2 Å². The molecule has 29 heavy (non-hydrogen) atoms. The van der Waals surface area contributed by atoms with E-state index in [1.807, 2.05) is 71.1 Å². The van der Waals surface area contributed by atoms with Crippen LogP contribution in [0.5, 0.6) is 0 Å². The number of sulfone groups is 1. The zero-order valence-corrected chi connectivity index (χ0v) is 18.3. The van der Waals surface area contributed by atoms with Crippen LogP contribution >= 0.6 is 23.8 Å². The zero-order valence-electron chi connectivity index (χ0n) is 15.9. The van der Waals surface area contributed by atoms with Crippen molar-refractivity contribution >= 4 is 33.7 Å². The summed E-state index contributed by atoms with van der Waals surface area (Å²) in [5.41, 5.74) is 1.81. The number of hydrogen-bond donors (Lipinski definition) is 0. The van der Waals surface area contributed by atoms with Gasteiger partial charge in [0.1, 0.15) is 0 Å². The molecule has 1 aliphatic heterocycles. The Morgan fingerprint density at radius 2 is 1.86 bits per heavy atom. The Balaban J connectivity index is 1.74. The second kappa shape index (κ2) is 8.02. The van der Waals surface area contributed by atoms with Gasteiger partial charge >= 0.3 is 0 Å². The zero-order chi connectivity index (χ0) is 20.6. The van der Waals surface area contributed by atoms with Gasteiger partial charge < -0.3 is 0 Å². The summed E-state index contributed by atoms with van der Waals surface area (Å²) in [6.45, 7) is 0.416. The first-order valence-corrected chi connectivity index (χ1v) is 11.9. The molecule has 1 saturated heterocycles. The fourth-order valence-corrected chi connectivity index (χ4v) is 5.77. The van der Waals surface area contributed by atoms with Crippen LogP contribution < -0.4 is 0 Å². The first kappa shape index (κ1) is 20.3. The smallest absolute Gasteiger partial charge is 0.204 e. The number of benzene rings is 2. The predicted octanol–water partition coefficient (Wildman–Crippen LogP) is 3.80. The lowest BCUT2D eigenvalue weighted by molar-refractivity contribution is 0.196. The van der Waals surface area contributed by atoms with Crippen LogP contribution in [0.25, 0.3) is 17.1 Å². The van der Waals surface area contributed by atoms with Crippen LogP contribution in [0.4, 0.5) is 0 Å². The normalized spacial score (nSPS) is 18.4. The molecular weight excluding hydrogens is 428 g/mol. The minimum atomic E-state index is -2.95. The highest BCUT2D eigenvalue weighted by atomic mass is 35.5. The van der Waals surface area contributed by atoms with Gasteiger partial charge in [0.15, 0.2) is 15.7 Å². The maximum atomic E-state index is 11.8. The van der Waals surface area contributed by atoms with Gasteiger partial charge in [0, 0.05) is 22.3 Å². The molecule has 1 aromatic heterocycles. The maximum Gasteiger partial charge on any atom is 0.204 e. The number of nitrogens with zero attached hydrogens (tertiary/aromatic N) is 4. The maximum absolute atomic E-state index is 11.8. The van der Waals surface area contributed by atoms with Crippen molar-refractivity contribution in [2.45, 2.75) is 19.1 Å². The van der Waals surface area contributed by atoms with E-state index in [4.69, 9.17) is 28.9 Å². The Morgan fingerprint density at radius 3 is 2.48 bits per heavy atom. The van der Waals surface area contributed by atoms with E-state index in [2.05, 4.69) is 0 Å². The van der Waals surface area contributed by atoms with Crippen molar-refractivity contribution in [1.29, 1.82) is 0 Å². The third-order valence-corrected chi connectivity index (χ3v) is 7.54. The molecule has 0 aliphatic carbocycles. The van der Waals surface area contributed by atoms with Crippen LogP contribution in [0.2, 0.25) is 5.02 Å². The molecular formula is C20H21ClN4O2S2. The van der Waals surface area contributed by atoms with Gasteiger partial charge in [-0.05, 0) is 62.1 Å². The van der Waals surface area contributed by atoms with Crippen LogP contribution in [0.3, 0.4) is 0 Å². The summed E-state index contributed by atoms with van der Waals surface area (Å²) in [6.07, 6.45) is 0.635. The SMILES string of the molecule is CN(Cn1nc(-c2ccc(Cl)cc2)n(-c2ccccc2)c1=S)[C@@H]1CCS(=O)(=O)C1. The van der Waals surface area contributed by atoms with Crippen molar-refractivity contribution in [1.82, 2.24) is 19.2 Å². The number of aromatic nitrogens is 3. The summed E-state index contributed by atoms with van der Waals surface area (Å²) in [6, 6.07) is 17.3. The van der Waals surface area contributed by atoms with Crippen LogP contribution in [0.1, 0.15) is 6.42 Å². The van der Waals surface area contributed by atoms with Crippen LogP contribution in [-0.4, -0.2) is 52.3 Å².